The van der Waals surface area contributed by atoms with Crippen LogP contribution in [-0.2, 0) is 16.4 Å². The zero-order valence-corrected chi connectivity index (χ0v) is 16.7. The van der Waals surface area contributed by atoms with E-state index in [1.54, 1.807) is 30.5 Å². The number of pyridine rings is 2. The number of hydrogen-bond acceptors (Lipinski definition) is 7. The summed E-state index contributed by atoms with van der Waals surface area (Å²) in [4.78, 5) is 20.8. The van der Waals surface area contributed by atoms with Crippen LogP contribution in [0.25, 0.3) is 11.0 Å². The quantitative estimate of drug-likeness (QED) is 0.486. The lowest BCUT2D eigenvalue weighted by Gasteiger charge is -2.08. The molecule has 0 aliphatic carbocycles. The monoisotopic (exact) mass is 423 g/mol. The fourth-order valence-corrected chi connectivity index (χ4v) is 4.05. The van der Waals surface area contributed by atoms with Crippen molar-refractivity contribution in [1.29, 1.82) is 0 Å². The van der Waals surface area contributed by atoms with E-state index in [0.29, 0.717) is 22.7 Å². The van der Waals surface area contributed by atoms with Gasteiger partial charge in [0.15, 0.2) is 5.65 Å². The van der Waals surface area contributed by atoms with Gasteiger partial charge in [0.05, 0.1) is 40.9 Å². The van der Waals surface area contributed by atoms with Crippen molar-refractivity contribution in [3.8, 4) is 5.75 Å². The molecule has 9 nitrogen and oxygen atoms in total. The molecule has 0 aliphatic heterocycles. The second-order valence-corrected chi connectivity index (χ2v) is 8.33. The molecule has 1 aromatic carbocycles. The van der Waals surface area contributed by atoms with Crippen molar-refractivity contribution in [2.75, 3.05) is 7.11 Å². The minimum absolute atomic E-state index is 0.0560. The summed E-state index contributed by atoms with van der Waals surface area (Å²) < 4.78 is 30.6. The lowest BCUT2D eigenvalue weighted by Crippen LogP contribution is -2.23. The summed E-state index contributed by atoms with van der Waals surface area (Å²) in [7, 11) is -2.25. The smallest absolute Gasteiger partial charge is 0.253 e. The number of methoxy groups -OCH3 is 1. The Morgan fingerprint density at radius 3 is 2.70 bits per heavy atom. The standard InChI is InChI=1S/C20H17N5O4S/c1-29-16-3-2-4-17(8-16)30(27,28)18-6-5-15(21-12-18)11-23-20(26)14-7-13-10-24-25-19(13)22-9-14/h2-10,12H,11H2,1H3,(H,23,26)(H,22,24,25). The summed E-state index contributed by atoms with van der Waals surface area (Å²) in [6.45, 7) is 0.141. The Morgan fingerprint density at radius 1 is 1.07 bits per heavy atom. The van der Waals surface area contributed by atoms with Gasteiger partial charge < -0.3 is 10.1 Å². The van der Waals surface area contributed by atoms with Gasteiger partial charge in [0.1, 0.15) is 5.75 Å². The molecule has 0 bridgehead atoms. The van der Waals surface area contributed by atoms with Crippen molar-refractivity contribution in [2.45, 2.75) is 16.3 Å². The Hall–Kier alpha value is -3.79. The zero-order valence-electron chi connectivity index (χ0n) is 15.9. The normalized spacial score (nSPS) is 11.4. The molecule has 1 amide bonds. The summed E-state index contributed by atoms with van der Waals surface area (Å²) in [6, 6.07) is 10.9. The molecule has 0 unspecified atom stereocenters. The molecule has 152 valence electrons. The highest BCUT2D eigenvalue weighted by molar-refractivity contribution is 7.91. The number of amides is 1. The maximum absolute atomic E-state index is 12.8. The van der Waals surface area contributed by atoms with Crippen LogP contribution in [0.5, 0.6) is 5.75 Å². The number of aromatic nitrogens is 4. The summed E-state index contributed by atoms with van der Waals surface area (Å²) in [5.74, 6) is 0.131. The third-order valence-corrected chi connectivity index (χ3v) is 6.18. The molecule has 3 heterocycles. The topological polar surface area (TPSA) is 127 Å². The number of sulfone groups is 1. The number of hydrogen-bond donors (Lipinski definition) is 2. The SMILES string of the molecule is COc1cccc(S(=O)(=O)c2ccc(CNC(=O)c3cnc4[nH]ncc4c3)nc2)c1. The highest BCUT2D eigenvalue weighted by Crippen LogP contribution is 2.23. The van der Waals surface area contributed by atoms with Crippen LogP contribution in [0.2, 0.25) is 0 Å². The van der Waals surface area contributed by atoms with Crippen molar-refractivity contribution >= 4 is 26.8 Å². The van der Waals surface area contributed by atoms with Crippen LogP contribution in [0.3, 0.4) is 0 Å². The van der Waals surface area contributed by atoms with E-state index in [1.807, 2.05) is 0 Å². The molecular formula is C20H17N5O4S. The molecule has 0 atom stereocenters. The van der Waals surface area contributed by atoms with Crippen LogP contribution >= 0.6 is 0 Å². The summed E-state index contributed by atoms with van der Waals surface area (Å²) in [6.07, 6.45) is 4.31. The Kier molecular flexibility index (Phi) is 5.15. The highest BCUT2D eigenvalue weighted by atomic mass is 32.2. The molecule has 2 N–H and O–H groups in total. The minimum atomic E-state index is -3.72. The third kappa shape index (κ3) is 3.85. The van der Waals surface area contributed by atoms with Crippen molar-refractivity contribution < 1.29 is 17.9 Å². The zero-order chi connectivity index (χ0) is 21.1. The molecule has 0 aliphatic rings. The third-order valence-electron chi connectivity index (χ3n) is 4.44. The molecule has 0 saturated carbocycles. The molecule has 10 heteroatoms. The maximum Gasteiger partial charge on any atom is 0.253 e. The number of carbonyl (C=O) groups is 1. The molecule has 4 rings (SSSR count). The number of benzene rings is 1. The number of H-pyrrole nitrogens is 1. The Morgan fingerprint density at radius 2 is 1.93 bits per heavy atom. The second kappa shape index (κ2) is 7.91. The average molecular weight is 423 g/mol. The van der Waals surface area contributed by atoms with Gasteiger partial charge in [-0.3, -0.25) is 14.9 Å². The number of aromatic amines is 1. The fourth-order valence-electron chi connectivity index (χ4n) is 2.81. The molecule has 0 fully saturated rings. The van der Waals surface area contributed by atoms with Gasteiger partial charge in [-0.25, -0.2) is 13.4 Å². The highest BCUT2D eigenvalue weighted by Gasteiger charge is 2.19. The number of fused-ring (bicyclic) bond motifs is 1. The van der Waals surface area contributed by atoms with Crippen LogP contribution < -0.4 is 10.1 Å². The van der Waals surface area contributed by atoms with Gasteiger partial charge in [-0.05, 0) is 36.4 Å². The van der Waals surface area contributed by atoms with E-state index >= 15 is 0 Å². The van der Waals surface area contributed by atoms with Crippen LogP contribution in [0.15, 0.2) is 70.8 Å². The van der Waals surface area contributed by atoms with Gasteiger partial charge >= 0.3 is 0 Å². The predicted octanol–water partition coefficient (Wildman–Crippen LogP) is 2.12. The largest absolute Gasteiger partial charge is 0.497 e. The molecule has 0 saturated heterocycles. The molecule has 3 aromatic heterocycles. The van der Waals surface area contributed by atoms with E-state index in [-0.39, 0.29) is 22.2 Å². The Balaban J connectivity index is 1.46. The van der Waals surface area contributed by atoms with Crippen LogP contribution in [-0.4, -0.2) is 41.6 Å². The van der Waals surface area contributed by atoms with Gasteiger partial charge in [0, 0.05) is 17.8 Å². The summed E-state index contributed by atoms with van der Waals surface area (Å²) in [5, 5.41) is 10.1. The predicted molar refractivity (Wildman–Crippen MR) is 108 cm³/mol. The number of rotatable bonds is 6. The summed E-state index contributed by atoms with van der Waals surface area (Å²) in [5.41, 5.74) is 1.51. The van der Waals surface area contributed by atoms with Crippen LogP contribution in [0, 0.1) is 0 Å². The molecule has 0 spiro atoms. The maximum atomic E-state index is 12.8. The van der Waals surface area contributed by atoms with Crippen molar-refractivity contribution in [1.82, 2.24) is 25.5 Å². The van der Waals surface area contributed by atoms with Gasteiger partial charge in [-0.2, -0.15) is 5.10 Å². The van der Waals surface area contributed by atoms with Gasteiger partial charge in [-0.15, -0.1) is 0 Å². The minimum Gasteiger partial charge on any atom is -0.497 e. The first kappa shape index (κ1) is 19.5. The van der Waals surface area contributed by atoms with Crippen molar-refractivity contribution in [3.05, 3.63) is 72.3 Å². The number of ether oxygens (including phenoxy) is 1. The Labute approximate surface area is 172 Å². The first-order valence-electron chi connectivity index (χ1n) is 8.89. The van der Waals surface area contributed by atoms with E-state index in [1.165, 1.54) is 37.7 Å². The molecular weight excluding hydrogens is 406 g/mol. The van der Waals surface area contributed by atoms with Gasteiger partial charge in [-0.1, -0.05) is 6.07 Å². The van der Waals surface area contributed by atoms with Gasteiger partial charge in [0.25, 0.3) is 5.91 Å². The van der Waals surface area contributed by atoms with Crippen molar-refractivity contribution in [3.63, 3.8) is 0 Å². The van der Waals surface area contributed by atoms with E-state index in [2.05, 4.69) is 25.5 Å². The molecule has 4 aromatic rings. The molecule has 0 radical (unpaired) electrons. The average Bonchev–Trinajstić information content (AvgIpc) is 3.25. The van der Waals surface area contributed by atoms with Crippen LogP contribution in [0.4, 0.5) is 0 Å². The fraction of sp³-hybridized carbons (Fsp3) is 0.100. The van der Waals surface area contributed by atoms with Crippen LogP contribution in [0.1, 0.15) is 16.1 Å². The second-order valence-electron chi connectivity index (χ2n) is 6.38. The van der Waals surface area contributed by atoms with E-state index in [4.69, 9.17) is 4.74 Å². The number of carbonyl (C=O) groups excluding carboxylic acids is 1. The van der Waals surface area contributed by atoms with E-state index in [9.17, 15) is 13.2 Å². The lowest BCUT2D eigenvalue weighted by atomic mass is 10.2. The number of nitrogens with one attached hydrogen (secondary N) is 2. The number of nitrogens with zero attached hydrogens (tertiary/aromatic N) is 3. The first-order chi connectivity index (χ1) is 14.5. The molecule has 30 heavy (non-hydrogen) atoms. The Bertz CT molecular complexity index is 1320. The van der Waals surface area contributed by atoms with Gasteiger partial charge in [0.2, 0.25) is 9.84 Å². The lowest BCUT2D eigenvalue weighted by molar-refractivity contribution is 0.0950. The van der Waals surface area contributed by atoms with E-state index in [0.717, 1.165) is 5.39 Å². The van der Waals surface area contributed by atoms with E-state index < -0.39 is 9.84 Å². The van der Waals surface area contributed by atoms with Crippen molar-refractivity contribution in [2.24, 2.45) is 0 Å². The first-order valence-corrected chi connectivity index (χ1v) is 10.4. The summed E-state index contributed by atoms with van der Waals surface area (Å²) >= 11 is 0.